The van der Waals surface area contributed by atoms with E-state index in [9.17, 15) is 4.79 Å². The van der Waals surface area contributed by atoms with Crippen molar-refractivity contribution in [2.24, 2.45) is 0 Å². The number of thioether (sulfide) groups is 1. The minimum absolute atomic E-state index is 0.0627. The Balaban J connectivity index is 1.75. The van der Waals surface area contributed by atoms with Gasteiger partial charge in [0, 0.05) is 22.4 Å². The number of aryl methyl sites for hydroxylation is 1. The standard InChI is InChI=1S/C19H20N2O2S2/c1-3-21(12-16-7-6-10-24-16)19(22)17-8-4-5-9-18(17)25-13-15-11-14(2)20-23-15/h4-11H,3,12-13H2,1-2H3. The van der Waals surface area contributed by atoms with Gasteiger partial charge in [-0.1, -0.05) is 23.4 Å². The quantitative estimate of drug-likeness (QED) is 0.548. The highest BCUT2D eigenvalue weighted by Crippen LogP contribution is 2.28. The van der Waals surface area contributed by atoms with Gasteiger partial charge in [0.05, 0.1) is 23.6 Å². The number of thiophene rings is 1. The van der Waals surface area contributed by atoms with Crippen LogP contribution in [0.15, 0.2) is 57.3 Å². The van der Waals surface area contributed by atoms with E-state index in [-0.39, 0.29) is 5.91 Å². The van der Waals surface area contributed by atoms with Crippen molar-refractivity contribution >= 4 is 29.0 Å². The third-order valence-electron chi connectivity index (χ3n) is 3.76. The second-order valence-corrected chi connectivity index (χ2v) is 7.67. The zero-order chi connectivity index (χ0) is 17.6. The van der Waals surface area contributed by atoms with Crippen molar-refractivity contribution in [3.63, 3.8) is 0 Å². The van der Waals surface area contributed by atoms with Crippen LogP contribution in [-0.2, 0) is 12.3 Å². The maximum atomic E-state index is 13.0. The second kappa shape index (κ2) is 8.36. The summed E-state index contributed by atoms with van der Waals surface area (Å²) in [4.78, 5) is 17.1. The van der Waals surface area contributed by atoms with Crippen LogP contribution in [0.3, 0.4) is 0 Å². The number of nitrogens with zero attached hydrogens (tertiary/aromatic N) is 2. The molecule has 0 fully saturated rings. The first-order valence-electron chi connectivity index (χ1n) is 8.13. The van der Waals surface area contributed by atoms with Gasteiger partial charge >= 0.3 is 0 Å². The lowest BCUT2D eigenvalue weighted by atomic mass is 10.2. The van der Waals surface area contributed by atoms with E-state index in [1.165, 1.54) is 4.88 Å². The molecule has 0 saturated carbocycles. The second-order valence-electron chi connectivity index (χ2n) is 5.62. The number of hydrogen-bond acceptors (Lipinski definition) is 5. The van der Waals surface area contributed by atoms with Crippen LogP contribution in [0.25, 0.3) is 0 Å². The zero-order valence-corrected chi connectivity index (χ0v) is 15.9. The number of hydrogen-bond donors (Lipinski definition) is 0. The largest absolute Gasteiger partial charge is 0.360 e. The molecule has 0 aliphatic heterocycles. The molecule has 2 aromatic heterocycles. The Morgan fingerprint density at radius 3 is 2.80 bits per heavy atom. The van der Waals surface area contributed by atoms with Crippen molar-refractivity contribution in [1.82, 2.24) is 10.1 Å². The van der Waals surface area contributed by atoms with Gasteiger partial charge in [0.15, 0.2) is 0 Å². The molecule has 25 heavy (non-hydrogen) atoms. The topological polar surface area (TPSA) is 46.3 Å². The fourth-order valence-electron chi connectivity index (χ4n) is 2.49. The van der Waals surface area contributed by atoms with E-state index in [4.69, 9.17) is 4.52 Å². The van der Waals surface area contributed by atoms with Gasteiger partial charge in [-0.2, -0.15) is 0 Å². The summed E-state index contributed by atoms with van der Waals surface area (Å²) in [6.07, 6.45) is 0. The van der Waals surface area contributed by atoms with E-state index in [0.717, 1.165) is 21.9 Å². The van der Waals surface area contributed by atoms with Gasteiger partial charge in [-0.05, 0) is 37.4 Å². The molecule has 0 saturated heterocycles. The SMILES string of the molecule is CCN(Cc1cccs1)C(=O)c1ccccc1SCc1cc(C)no1. The summed E-state index contributed by atoms with van der Waals surface area (Å²) in [7, 11) is 0. The average Bonchev–Trinajstić information content (AvgIpc) is 3.29. The molecule has 0 bridgehead atoms. The molecule has 130 valence electrons. The van der Waals surface area contributed by atoms with E-state index >= 15 is 0 Å². The Morgan fingerprint density at radius 1 is 1.28 bits per heavy atom. The molecule has 0 N–H and O–H groups in total. The van der Waals surface area contributed by atoms with Crippen molar-refractivity contribution in [1.29, 1.82) is 0 Å². The maximum Gasteiger partial charge on any atom is 0.255 e. The highest BCUT2D eigenvalue weighted by atomic mass is 32.2. The molecule has 6 heteroatoms. The lowest BCUT2D eigenvalue weighted by Gasteiger charge is -2.21. The molecule has 4 nitrogen and oxygen atoms in total. The van der Waals surface area contributed by atoms with Gasteiger partial charge in [0.25, 0.3) is 5.91 Å². The molecule has 0 spiro atoms. The Hall–Kier alpha value is -2.05. The van der Waals surface area contributed by atoms with Gasteiger partial charge < -0.3 is 9.42 Å². The predicted octanol–water partition coefficient (Wildman–Crippen LogP) is 5.00. The third kappa shape index (κ3) is 4.52. The minimum atomic E-state index is 0.0627. The normalized spacial score (nSPS) is 10.8. The highest BCUT2D eigenvalue weighted by molar-refractivity contribution is 7.98. The summed E-state index contributed by atoms with van der Waals surface area (Å²) in [5.41, 5.74) is 1.61. The van der Waals surface area contributed by atoms with Crippen LogP contribution in [0.4, 0.5) is 0 Å². The first-order chi connectivity index (χ1) is 12.2. The summed E-state index contributed by atoms with van der Waals surface area (Å²) in [6.45, 7) is 5.24. The molecule has 2 heterocycles. The number of carbonyl (C=O) groups excluding carboxylic acids is 1. The van der Waals surface area contributed by atoms with Gasteiger partial charge in [0.1, 0.15) is 5.76 Å². The van der Waals surface area contributed by atoms with Crippen molar-refractivity contribution < 1.29 is 9.32 Å². The molecular formula is C19H20N2O2S2. The summed E-state index contributed by atoms with van der Waals surface area (Å²) < 4.78 is 5.26. The lowest BCUT2D eigenvalue weighted by Crippen LogP contribution is -2.30. The Morgan fingerprint density at radius 2 is 2.12 bits per heavy atom. The minimum Gasteiger partial charge on any atom is -0.360 e. The van der Waals surface area contributed by atoms with Gasteiger partial charge in [-0.25, -0.2) is 0 Å². The Labute approximate surface area is 155 Å². The third-order valence-corrected chi connectivity index (χ3v) is 5.72. The fourth-order valence-corrected chi connectivity index (χ4v) is 4.13. The van der Waals surface area contributed by atoms with E-state index in [1.54, 1.807) is 23.1 Å². The van der Waals surface area contributed by atoms with E-state index in [2.05, 4.69) is 11.2 Å². The fraction of sp³-hybridized carbons (Fsp3) is 0.263. The van der Waals surface area contributed by atoms with Crippen molar-refractivity contribution in [2.75, 3.05) is 6.54 Å². The van der Waals surface area contributed by atoms with Gasteiger partial charge in [-0.3, -0.25) is 4.79 Å². The maximum absolute atomic E-state index is 13.0. The summed E-state index contributed by atoms with van der Waals surface area (Å²) in [5, 5.41) is 5.95. The predicted molar refractivity (Wildman–Crippen MR) is 102 cm³/mol. The van der Waals surface area contributed by atoms with E-state index < -0.39 is 0 Å². The van der Waals surface area contributed by atoms with E-state index in [1.807, 2.05) is 60.5 Å². The highest BCUT2D eigenvalue weighted by Gasteiger charge is 2.18. The number of rotatable bonds is 7. The monoisotopic (exact) mass is 372 g/mol. The van der Waals surface area contributed by atoms with Crippen molar-refractivity contribution in [3.8, 4) is 0 Å². The molecule has 0 aliphatic carbocycles. The van der Waals surface area contributed by atoms with Gasteiger partial charge in [-0.15, -0.1) is 23.1 Å². The summed E-state index contributed by atoms with van der Waals surface area (Å²) >= 11 is 3.27. The smallest absolute Gasteiger partial charge is 0.255 e. The first kappa shape index (κ1) is 17.8. The molecule has 0 radical (unpaired) electrons. The van der Waals surface area contributed by atoms with Crippen LogP contribution >= 0.6 is 23.1 Å². The molecule has 0 atom stereocenters. The Bertz CT molecular complexity index is 828. The number of benzene rings is 1. The lowest BCUT2D eigenvalue weighted by molar-refractivity contribution is 0.0750. The number of aromatic nitrogens is 1. The molecule has 1 aromatic carbocycles. The molecule has 3 rings (SSSR count). The van der Waals surface area contributed by atoms with Crippen LogP contribution in [0.5, 0.6) is 0 Å². The molecule has 3 aromatic rings. The Kier molecular flexibility index (Phi) is 5.94. The van der Waals surface area contributed by atoms with Crippen LogP contribution in [-0.4, -0.2) is 22.5 Å². The van der Waals surface area contributed by atoms with Crippen LogP contribution in [0.2, 0.25) is 0 Å². The number of amides is 1. The number of carbonyl (C=O) groups is 1. The average molecular weight is 373 g/mol. The first-order valence-corrected chi connectivity index (χ1v) is 9.99. The van der Waals surface area contributed by atoms with Crippen LogP contribution in [0, 0.1) is 6.92 Å². The molecular weight excluding hydrogens is 352 g/mol. The van der Waals surface area contributed by atoms with Crippen molar-refractivity contribution in [3.05, 3.63) is 69.7 Å². The van der Waals surface area contributed by atoms with Crippen LogP contribution in [0.1, 0.15) is 33.6 Å². The molecule has 0 unspecified atom stereocenters. The molecule has 0 aliphatic rings. The summed E-state index contributed by atoms with van der Waals surface area (Å²) in [6, 6.07) is 13.8. The van der Waals surface area contributed by atoms with Crippen molar-refractivity contribution in [2.45, 2.75) is 31.0 Å². The van der Waals surface area contributed by atoms with Gasteiger partial charge in [0.2, 0.25) is 0 Å². The summed E-state index contributed by atoms with van der Waals surface area (Å²) in [5.74, 6) is 1.53. The zero-order valence-electron chi connectivity index (χ0n) is 14.3. The molecule has 1 amide bonds. The van der Waals surface area contributed by atoms with Crippen LogP contribution < -0.4 is 0 Å². The van der Waals surface area contributed by atoms with E-state index in [0.29, 0.717) is 18.8 Å².